The lowest BCUT2D eigenvalue weighted by molar-refractivity contribution is -0.134. The van der Waals surface area contributed by atoms with Crippen LogP contribution in [0.3, 0.4) is 0 Å². The van der Waals surface area contributed by atoms with Crippen LogP contribution >= 0.6 is 0 Å². The summed E-state index contributed by atoms with van der Waals surface area (Å²) in [6, 6.07) is 0. The van der Waals surface area contributed by atoms with Crippen LogP contribution in [0.4, 0.5) is 0 Å². The third kappa shape index (κ3) is 3.62. The van der Waals surface area contributed by atoms with Crippen molar-refractivity contribution in [3.63, 3.8) is 0 Å². The second-order valence-corrected chi connectivity index (χ2v) is 5.33. The molecule has 1 aliphatic carbocycles. The minimum Gasteiger partial charge on any atom is -0.409 e. The highest BCUT2D eigenvalue weighted by atomic mass is 16.4. The van der Waals surface area contributed by atoms with E-state index < -0.39 is 5.41 Å². The topological polar surface area (TPSA) is 82.2 Å². The molecule has 0 radical (unpaired) electrons. The van der Waals surface area contributed by atoms with Crippen molar-refractivity contribution in [2.75, 3.05) is 32.7 Å². The molecule has 20 heavy (non-hydrogen) atoms. The fourth-order valence-corrected chi connectivity index (χ4v) is 2.53. The normalized spacial score (nSPS) is 17.3. The van der Waals surface area contributed by atoms with Crippen molar-refractivity contribution in [2.45, 2.75) is 40.0 Å². The number of amidine groups is 1. The molecule has 0 saturated heterocycles. The smallest absolute Gasteiger partial charge is 0.236 e. The molecule has 1 amide bonds. The molecule has 116 valence electrons. The molecule has 0 aromatic rings. The Morgan fingerprint density at radius 2 is 1.80 bits per heavy atom. The van der Waals surface area contributed by atoms with E-state index >= 15 is 0 Å². The van der Waals surface area contributed by atoms with Crippen molar-refractivity contribution < 1.29 is 10.0 Å². The largest absolute Gasteiger partial charge is 0.409 e. The molecule has 0 spiro atoms. The average Bonchev–Trinajstić information content (AvgIpc) is 3.28. The minimum absolute atomic E-state index is 0.00912. The molecule has 6 heteroatoms. The number of nitrogens with zero attached hydrogens (tertiary/aromatic N) is 3. The Hall–Kier alpha value is -1.30. The first-order valence-electron chi connectivity index (χ1n) is 7.55. The molecule has 6 nitrogen and oxygen atoms in total. The first-order valence-corrected chi connectivity index (χ1v) is 7.55. The van der Waals surface area contributed by atoms with Gasteiger partial charge in [0.1, 0.15) is 5.41 Å². The van der Waals surface area contributed by atoms with Crippen molar-refractivity contribution >= 4 is 11.7 Å². The second-order valence-electron chi connectivity index (χ2n) is 5.33. The number of carbonyl (C=O) groups excluding carboxylic acids is 1. The molecule has 1 fully saturated rings. The molecule has 0 aromatic heterocycles. The van der Waals surface area contributed by atoms with Gasteiger partial charge in [-0.2, -0.15) is 0 Å². The van der Waals surface area contributed by atoms with Gasteiger partial charge in [0, 0.05) is 13.1 Å². The zero-order valence-electron chi connectivity index (χ0n) is 12.9. The zero-order chi connectivity index (χ0) is 15.2. The van der Waals surface area contributed by atoms with E-state index in [1.54, 1.807) is 0 Å². The quantitative estimate of drug-likeness (QED) is 0.287. The van der Waals surface area contributed by atoms with E-state index in [1.165, 1.54) is 0 Å². The van der Waals surface area contributed by atoms with Crippen molar-refractivity contribution in [2.24, 2.45) is 16.3 Å². The van der Waals surface area contributed by atoms with E-state index in [1.807, 2.05) is 11.8 Å². The van der Waals surface area contributed by atoms with E-state index in [0.29, 0.717) is 19.4 Å². The maximum absolute atomic E-state index is 12.5. The molecular weight excluding hydrogens is 256 g/mol. The summed E-state index contributed by atoms with van der Waals surface area (Å²) in [5.41, 5.74) is 4.95. The van der Waals surface area contributed by atoms with Crippen molar-refractivity contribution in [1.29, 1.82) is 0 Å². The van der Waals surface area contributed by atoms with Crippen LogP contribution in [-0.2, 0) is 4.79 Å². The molecule has 0 atom stereocenters. The van der Waals surface area contributed by atoms with Gasteiger partial charge in [-0.25, -0.2) is 0 Å². The molecule has 3 N–H and O–H groups in total. The van der Waals surface area contributed by atoms with Crippen molar-refractivity contribution in [1.82, 2.24) is 9.80 Å². The predicted octanol–water partition coefficient (Wildman–Crippen LogP) is 1.09. The van der Waals surface area contributed by atoms with Crippen LogP contribution in [0, 0.1) is 5.41 Å². The number of hydrogen-bond donors (Lipinski definition) is 2. The number of hydrogen-bond acceptors (Lipinski definition) is 4. The molecule has 0 bridgehead atoms. The van der Waals surface area contributed by atoms with Gasteiger partial charge < -0.3 is 20.7 Å². The van der Waals surface area contributed by atoms with Gasteiger partial charge in [0.15, 0.2) is 5.84 Å². The Kier molecular flexibility index (Phi) is 6.26. The maximum Gasteiger partial charge on any atom is 0.236 e. The SMILES string of the molecule is CCN(CC)CCCN(CC)C(=O)C1(C(N)=NO)CC1. The van der Waals surface area contributed by atoms with Crippen LogP contribution in [0.25, 0.3) is 0 Å². The van der Waals surface area contributed by atoms with Gasteiger partial charge in [0.2, 0.25) is 5.91 Å². The summed E-state index contributed by atoms with van der Waals surface area (Å²) >= 11 is 0. The summed E-state index contributed by atoms with van der Waals surface area (Å²) in [6.07, 6.45) is 2.33. The van der Waals surface area contributed by atoms with Crippen molar-refractivity contribution in [3.05, 3.63) is 0 Å². The van der Waals surface area contributed by atoms with Crippen LogP contribution in [0.5, 0.6) is 0 Å². The standard InChI is InChI=1S/C14H28N4O2/c1-4-17(5-2)10-7-11-18(6-3)13(19)14(8-9-14)12(15)16-20/h20H,4-11H2,1-3H3,(H2,15,16). The van der Waals surface area contributed by atoms with Crippen molar-refractivity contribution in [3.8, 4) is 0 Å². The molecule has 0 aliphatic heterocycles. The summed E-state index contributed by atoms with van der Waals surface area (Å²) in [7, 11) is 0. The molecule has 0 aromatic carbocycles. The Morgan fingerprint density at radius 1 is 1.20 bits per heavy atom. The van der Waals surface area contributed by atoms with Gasteiger partial charge in [-0.05, 0) is 45.8 Å². The lowest BCUT2D eigenvalue weighted by Crippen LogP contribution is -2.44. The summed E-state index contributed by atoms with van der Waals surface area (Å²) in [6.45, 7) is 10.7. The van der Waals surface area contributed by atoms with Gasteiger partial charge in [-0.1, -0.05) is 19.0 Å². The summed E-state index contributed by atoms with van der Waals surface area (Å²) < 4.78 is 0. The van der Waals surface area contributed by atoms with Gasteiger partial charge in [0.05, 0.1) is 0 Å². The van der Waals surface area contributed by atoms with Gasteiger partial charge in [0.25, 0.3) is 0 Å². The highest BCUT2D eigenvalue weighted by Crippen LogP contribution is 2.47. The zero-order valence-corrected chi connectivity index (χ0v) is 12.9. The average molecular weight is 284 g/mol. The first-order chi connectivity index (χ1) is 9.55. The van der Waals surface area contributed by atoms with Gasteiger partial charge in [-0.15, -0.1) is 0 Å². The highest BCUT2D eigenvalue weighted by molar-refractivity contribution is 6.09. The molecular formula is C14H28N4O2. The minimum atomic E-state index is -0.722. The number of nitrogens with two attached hydrogens (primary N) is 1. The van der Waals surface area contributed by atoms with E-state index in [9.17, 15) is 4.79 Å². The fraction of sp³-hybridized carbons (Fsp3) is 0.857. The van der Waals surface area contributed by atoms with Crippen LogP contribution in [0.2, 0.25) is 0 Å². The fourth-order valence-electron chi connectivity index (χ4n) is 2.53. The van der Waals surface area contributed by atoms with E-state index in [2.05, 4.69) is 23.9 Å². The number of carbonyl (C=O) groups is 1. The van der Waals surface area contributed by atoms with Crippen LogP contribution in [0.15, 0.2) is 5.16 Å². The van der Waals surface area contributed by atoms with E-state index in [0.717, 1.165) is 32.6 Å². The lowest BCUT2D eigenvalue weighted by atomic mass is 10.0. The van der Waals surface area contributed by atoms with Gasteiger partial charge in [-0.3, -0.25) is 4.79 Å². The predicted molar refractivity (Wildman–Crippen MR) is 79.7 cm³/mol. The molecule has 1 rings (SSSR count). The molecule has 0 heterocycles. The van der Waals surface area contributed by atoms with Crippen LogP contribution in [-0.4, -0.2) is 59.5 Å². The molecule has 0 unspecified atom stereocenters. The van der Waals surface area contributed by atoms with E-state index in [4.69, 9.17) is 10.9 Å². The number of rotatable bonds is 9. The summed E-state index contributed by atoms with van der Waals surface area (Å²) in [5.74, 6) is 0.0690. The monoisotopic (exact) mass is 284 g/mol. The second kappa shape index (κ2) is 7.47. The van der Waals surface area contributed by atoms with Crippen LogP contribution < -0.4 is 5.73 Å². The Balaban J connectivity index is 2.52. The Morgan fingerprint density at radius 3 is 2.20 bits per heavy atom. The van der Waals surface area contributed by atoms with E-state index in [-0.39, 0.29) is 11.7 Å². The Labute approximate surface area is 121 Å². The molecule has 1 aliphatic rings. The number of oxime groups is 1. The highest BCUT2D eigenvalue weighted by Gasteiger charge is 2.55. The van der Waals surface area contributed by atoms with Gasteiger partial charge >= 0.3 is 0 Å². The third-order valence-corrected chi connectivity index (χ3v) is 4.22. The lowest BCUT2D eigenvalue weighted by Gasteiger charge is -2.27. The first kappa shape index (κ1) is 16.8. The maximum atomic E-state index is 12.5. The Bertz CT molecular complexity index is 349. The summed E-state index contributed by atoms with van der Waals surface area (Å²) in [4.78, 5) is 16.7. The van der Waals surface area contributed by atoms with Crippen LogP contribution in [0.1, 0.15) is 40.0 Å². The third-order valence-electron chi connectivity index (χ3n) is 4.22. The molecule has 1 saturated carbocycles. The number of amides is 1. The summed E-state index contributed by atoms with van der Waals surface area (Å²) in [5, 5.41) is 11.8.